The lowest BCUT2D eigenvalue weighted by atomic mass is 10.2. The summed E-state index contributed by atoms with van der Waals surface area (Å²) < 4.78 is 10.1. The second kappa shape index (κ2) is 10.4. The van der Waals surface area contributed by atoms with Crippen molar-refractivity contribution in [3.8, 4) is 0 Å². The normalized spacial score (nSPS) is 11.0. The maximum absolute atomic E-state index is 12.0. The van der Waals surface area contributed by atoms with Gasteiger partial charge in [0.15, 0.2) is 0 Å². The number of rotatable bonds is 8. The SMILES string of the molecule is CCOC(=O)c1cc(C)sc1NC(=O)CSCCNC(=O)OC(C)(C)C. The van der Waals surface area contributed by atoms with Crippen LogP contribution in [-0.4, -0.2) is 48.2 Å². The van der Waals surface area contributed by atoms with Crippen LogP contribution in [0.5, 0.6) is 0 Å². The summed E-state index contributed by atoms with van der Waals surface area (Å²) in [6.45, 7) is 9.66. The lowest BCUT2D eigenvalue weighted by molar-refractivity contribution is -0.113. The molecule has 0 aliphatic carbocycles. The van der Waals surface area contributed by atoms with Gasteiger partial charge in [-0.15, -0.1) is 11.3 Å². The van der Waals surface area contributed by atoms with E-state index < -0.39 is 17.7 Å². The highest BCUT2D eigenvalue weighted by Gasteiger charge is 2.18. The number of amides is 2. The second-order valence-corrected chi connectivity index (χ2v) is 8.71. The summed E-state index contributed by atoms with van der Waals surface area (Å²) >= 11 is 2.71. The largest absolute Gasteiger partial charge is 0.462 e. The molecule has 7 nitrogen and oxygen atoms in total. The topological polar surface area (TPSA) is 93.7 Å². The Morgan fingerprint density at radius 1 is 1.27 bits per heavy atom. The van der Waals surface area contributed by atoms with E-state index in [-0.39, 0.29) is 18.3 Å². The number of alkyl carbamates (subject to hydrolysis) is 1. The van der Waals surface area contributed by atoms with Crippen molar-refractivity contribution in [3.05, 3.63) is 16.5 Å². The zero-order valence-corrected chi connectivity index (χ0v) is 17.4. The fraction of sp³-hybridized carbons (Fsp3) is 0.588. The van der Waals surface area contributed by atoms with Crippen molar-refractivity contribution in [1.29, 1.82) is 0 Å². The van der Waals surface area contributed by atoms with Crippen LogP contribution in [-0.2, 0) is 14.3 Å². The van der Waals surface area contributed by atoms with E-state index in [0.717, 1.165) is 4.88 Å². The molecule has 0 atom stereocenters. The molecule has 0 aliphatic heterocycles. The summed E-state index contributed by atoms with van der Waals surface area (Å²) in [4.78, 5) is 36.4. The van der Waals surface area contributed by atoms with E-state index in [1.54, 1.807) is 33.8 Å². The Labute approximate surface area is 162 Å². The van der Waals surface area contributed by atoms with E-state index in [4.69, 9.17) is 9.47 Å². The van der Waals surface area contributed by atoms with Gasteiger partial charge in [-0.2, -0.15) is 11.8 Å². The number of ether oxygens (including phenoxy) is 2. The Morgan fingerprint density at radius 2 is 1.96 bits per heavy atom. The first-order chi connectivity index (χ1) is 12.1. The molecule has 146 valence electrons. The minimum atomic E-state index is -0.535. The summed E-state index contributed by atoms with van der Waals surface area (Å²) in [6.07, 6.45) is -0.476. The van der Waals surface area contributed by atoms with Crippen LogP contribution in [0.1, 0.15) is 42.9 Å². The van der Waals surface area contributed by atoms with Gasteiger partial charge in [0.1, 0.15) is 10.6 Å². The van der Waals surface area contributed by atoms with E-state index in [0.29, 0.717) is 22.9 Å². The van der Waals surface area contributed by atoms with E-state index in [1.165, 1.54) is 23.1 Å². The van der Waals surface area contributed by atoms with Gasteiger partial charge in [-0.1, -0.05) is 0 Å². The molecule has 0 unspecified atom stereocenters. The lowest BCUT2D eigenvalue weighted by Gasteiger charge is -2.19. The van der Waals surface area contributed by atoms with Crippen molar-refractivity contribution in [1.82, 2.24) is 5.32 Å². The van der Waals surface area contributed by atoms with Gasteiger partial charge in [0, 0.05) is 17.2 Å². The van der Waals surface area contributed by atoms with Crippen molar-refractivity contribution in [2.75, 3.05) is 30.0 Å². The first-order valence-electron chi connectivity index (χ1n) is 8.24. The van der Waals surface area contributed by atoms with Gasteiger partial charge in [0.2, 0.25) is 5.91 Å². The standard InChI is InChI=1S/C17H26N2O5S2/c1-6-23-15(21)12-9-11(2)26-14(12)19-13(20)10-25-8-7-18-16(22)24-17(3,4)5/h9H,6-8,10H2,1-5H3,(H,18,22)(H,19,20). The summed E-state index contributed by atoms with van der Waals surface area (Å²) in [5.74, 6) is 0.136. The fourth-order valence-electron chi connectivity index (χ4n) is 1.83. The number of aryl methyl sites for hydroxylation is 1. The molecule has 0 bridgehead atoms. The van der Waals surface area contributed by atoms with Gasteiger partial charge in [0.05, 0.1) is 17.9 Å². The van der Waals surface area contributed by atoms with E-state index in [1.807, 2.05) is 6.92 Å². The van der Waals surface area contributed by atoms with Crippen LogP contribution in [0.15, 0.2) is 6.07 Å². The predicted molar refractivity (Wildman–Crippen MR) is 105 cm³/mol. The van der Waals surface area contributed by atoms with Gasteiger partial charge >= 0.3 is 12.1 Å². The maximum Gasteiger partial charge on any atom is 0.407 e. The van der Waals surface area contributed by atoms with Crippen LogP contribution >= 0.6 is 23.1 Å². The zero-order chi connectivity index (χ0) is 19.7. The number of thiophene rings is 1. The Balaban J connectivity index is 2.35. The van der Waals surface area contributed by atoms with Gasteiger partial charge in [-0.3, -0.25) is 4.79 Å². The molecular weight excluding hydrogens is 376 g/mol. The van der Waals surface area contributed by atoms with Crippen LogP contribution in [0.25, 0.3) is 0 Å². The average molecular weight is 403 g/mol. The lowest BCUT2D eigenvalue weighted by Crippen LogP contribution is -2.33. The smallest absolute Gasteiger partial charge is 0.407 e. The molecule has 2 amide bonds. The minimum absolute atomic E-state index is 0.209. The summed E-state index contributed by atoms with van der Waals surface area (Å²) in [6, 6.07) is 1.70. The van der Waals surface area contributed by atoms with Gasteiger partial charge in [0.25, 0.3) is 0 Å². The Morgan fingerprint density at radius 3 is 2.58 bits per heavy atom. The van der Waals surface area contributed by atoms with E-state index in [2.05, 4.69) is 10.6 Å². The van der Waals surface area contributed by atoms with Crippen LogP contribution in [0.2, 0.25) is 0 Å². The summed E-state index contributed by atoms with van der Waals surface area (Å²) in [5.41, 5.74) is -0.161. The van der Waals surface area contributed by atoms with Crippen molar-refractivity contribution in [2.24, 2.45) is 0 Å². The zero-order valence-electron chi connectivity index (χ0n) is 15.8. The number of carbonyl (C=O) groups excluding carboxylic acids is 3. The highest BCUT2D eigenvalue weighted by atomic mass is 32.2. The molecule has 0 saturated carbocycles. The van der Waals surface area contributed by atoms with Crippen molar-refractivity contribution >= 4 is 46.1 Å². The molecule has 26 heavy (non-hydrogen) atoms. The van der Waals surface area contributed by atoms with Crippen LogP contribution in [0.3, 0.4) is 0 Å². The van der Waals surface area contributed by atoms with Crippen LogP contribution in [0, 0.1) is 6.92 Å². The number of thioether (sulfide) groups is 1. The number of hydrogen-bond acceptors (Lipinski definition) is 7. The third kappa shape index (κ3) is 8.57. The average Bonchev–Trinajstić information content (AvgIpc) is 2.86. The van der Waals surface area contributed by atoms with E-state index in [9.17, 15) is 14.4 Å². The number of nitrogens with one attached hydrogen (secondary N) is 2. The van der Waals surface area contributed by atoms with Crippen LogP contribution < -0.4 is 10.6 Å². The summed E-state index contributed by atoms with van der Waals surface area (Å²) in [5, 5.41) is 5.88. The molecule has 9 heteroatoms. The number of esters is 1. The Hall–Kier alpha value is -1.74. The Bertz CT molecular complexity index is 638. The minimum Gasteiger partial charge on any atom is -0.462 e. The monoisotopic (exact) mass is 402 g/mol. The molecular formula is C17H26N2O5S2. The highest BCUT2D eigenvalue weighted by Crippen LogP contribution is 2.28. The molecule has 0 radical (unpaired) electrons. The quantitative estimate of drug-likeness (QED) is 0.511. The molecule has 1 aromatic rings. The highest BCUT2D eigenvalue weighted by molar-refractivity contribution is 7.99. The molecule has 1 rings (SSSR count). The van der Waals surface area contributed by atoms with Gasteiger partial charge in [-0.05, 0) is 40.7 Å². The maximum atomic E-state index is 12.0. The second-order valence-electron chi connectivity index (χ2n) is 6.35. The van der Waals surface area contributed by atoms with Gasteiger partial charge < -0.3 is 20.1 Å². The van der Waals surface area contributed by atoms with Crippen molar-refractivity contribution in [2.45, 2.75) is 40.2 Å². The van der Waals surface area contributed by atoms with Gasteiger partial charge in [-0.25, -0.2) is 9.59 Å². The predicted octanol–water partition coefficient (Wildman–Crippen LogP) is 3.43. The third-order valence-electron chi connectivity index (χ3n) is 2.75. The fourth-order valence-corrected chi connectivity index (χ4v) is 3.40. The molecule has 0 aliphatic rings. The van der Waals surface area contributed by atoms with Crippen molar-refractivity contribution in [3.63, 3.8) is 0 Å². The number of hydrogen-bond donors (Lipinski definition) is 2. The molecule has 1 heterocycles. The third-order valence-corrected chi connectivity index (χ3v) is 4.68. The molecule has 2 N–H and O–H groups in total. The van der Waals surface area contributed by atoms with Crippen LogP contribution in [0.4, 0.5) is 9.80 Å². The first kappa shape index (κ1) is 22.3. The summed E-state index contributed by atoms with van der Waals surface area (Å²) in [7, 11) is 0. The van der Waals surface area contributed by atoms with Crippen molar-refractivity contribution < 1.29 is 23.9 Å². The molecule has 0 fully saturated rings. The number of anilines is 1. The molecule has 0 aromatic carbocycles. The Kier molecular flexibility index (Phi) is 8.94. The number of carbonyl (C=O) groups is 3. The van der Waals surface area contributed by atoms with E-state index >= 15 is 0 Å². The molecule has 0 saturated heterocycles. The molecule has 0 spiro atoms. The molecule has 1 aromatic heterocycles. The first-order valence-corrected chi connectivity index (χ1v) is 10.2.